The molecule has 2 aliphatic rings. The molecule has 0 saturated heterocycles. The van der Waals surface area contributed by atoms with Gasteiger partial charge in [-0.15, -0.1) is 0 Å². The number of nitrogens with zero attached hydrogens (tertiary/aromatic N) is 1. The van der Waals surface area contributed by atoms with Crippen LogP contribution in [0.2, 0.25) is 0 Å². The van der Waals surface area contributed by atoms with Gasteiger partial charge in [0.05, 0.1) is 0 Å². The quantitative estimate of drug-likeness (QED) is 0.148. The molecule has 0 unspecified atom stereocenters. The van der Waals surface area contributed by atoms with Crippen molar-refractivity contribution in [1.29, 1.82) is 0 Å². The zero-order valence-corrected chi connectivity index (χ0v) is 33.5. The zero-order valence-electron chi connectivity index (χ0n) is 33.5. The molecule has 6 aromatic rings. The third kappa shape index (κ3) is 7.14. The van der Waals surface area contributed by atoms with Crippen molar-refractivity contribution < 1.29 is 0 Å². The molecule has 1 heteroatoms. The highest BCUT2D eigenvalue weighted by Crippen LogP contribution is 2.50. The Bertz CT molecular complexity index is 2710. The highest BCUT2D eigenvalue weighted by molar-refractivity contribution is 6.05. The van der Waals surface area contributed by atoms with Crippen LogP contribution in [0.15, 0.2) is 229 Å². The van der Waals surface area contributed by atoms with Gasteiger partial charge in [0.15, 0.2) is 0 Å². The topological polar surface area (TPSA) is 3.24 Å². The Morgan fingerprint density at radius 2 is 1.28 bits per heavy atom. The average Bonchev–Trinajstić information content (AvgIpc) is 3.24. The lowest BCUT2D eigenvalue weighted by molar-refractivity contribution is 0.617. The summed E-state index contributed by atoms with van der Waals surface area (Å²) in [6, 6.07) is 50.4. The molecule has 1 nitrogen and oxygen atoms in total. The SMILES string of the molecule is C=CC(=C\C1=C(C)N(c2ccc(-c3ccc(-c4ccccc4)c4ccccc34)cc2C)c2ccccc2C1(C)C)/C1=C/C=C(/c2ccccc2)C/C=C\C=C/C1=C. The van der Waals surface area contributed by atoms with Crippen LogP contribution in [0.1, 0.15) is 43.9 Å². The van der Waals surface area contributed by atoms with E-state index in [9.17, 15) is 0 Å². The Morgan fingerprint density at radius 1 is 0.649 bits per heavy atom. The first-order valence-corrected chi connectivity index (χ1v) is 19.9. The Hall–Kier alpha value is -6.70. The normalized spacial score (nSPS) is 18.6. The van der Waals surface area contributed by atoms with Crippen LogP contribution in [-0.4, -0.2) is 0 Å². The summed E-state index contributed by atoms with van der Waals surface area (Å²) in [5.41, 5.74) is 17.5. The molecule has 57 heavy (non-hydrogen) atoms. The second kappa shape index (κ2) is 15.8. The molecule has 1 heterocycles. The van der Waals surface area contributed by atoms with E-state index in [0.717, 1.165) is 23.1 Å². The van der Waals surface area contributed by atoms with E-state index in [0.29, 0.717) is 0 Å². The minimum atomic E-state index is -0.278. The van der Waals surface area contributed by atoms with Crippen molar-refractivity contribution in [2.24, 2.45) is 0 Å². The first-order valence-electron chi connectivity index (χ1n) is 19.9. The molecule has 1 aliphatic heterocycles. The third-order valence-corrected chi connectivity index (χ3v) is 11.6. The fourth-order valence-corrected chi connectivity index (χ4v) is 8.63. The molecule has 0 amide bonds. The summed E-state index contributed by atoms with van der Waals surface area (Å²) in [6.45, 7) is 18.1. The van der Waals surface area contributed by atoms with Crippen molar-refractivity contribution >= 4 is 27.7 Å². The molecular weight excluding hydrogens is 687 g/mol. The van der Waals surface area contributed by atoms with Crippen LogP contribution < -0.4 is 4.90 Å². The van der Waals surface area contributed by atoms with Crippen LogP contribution in [0.4, 0.5) is 11.4 Å². The summed E-state index contributed by atoms with van der Waals surface area (Å²) in [4.78, 5) is 2.46. The number of rotatable bonds is 7. The Balaban J connectivity index is 1.24. The maximum atomic E-state index is 4.53. The maximum absolute atomic E-state index is 4.53. The molecule has 0 saturated carbocycles. The Labute approximate surface area is 339 Å². The molecule has 0 bridgehead atoms. The van der Waals surface area contributed by atoms with E-state index < -0.39 is 0 Å². The number of hydrogen-bond donors (Lipinski definition) is 0. The second-order valence-electron chi connectivity index (χ2n) is 15.5. The van der Waals surface area contributed by atoms with Crippen molar-refractivity contribution in [2.75, 3.05) is 4.90 Å². The minimum absolute atomic E-state index is 0.278. The van der Waals surface area contributed by atoms with Crippen molar-refractivity contribution in [3.05, 3.63) is 246 Å². The van der Waals surface area contributed by atoms with Crippen molar-refractivity contribution in [3.8, 4) is 22.3 Å². The second-order valence-corrected chi connectivity index (χ2v) is 15.5. The average molecular weight is 736 g/mol. The summed E-state index contributed by atoms with van der Waals surface area (Å²) in [5, 5.41) is 2.51. The summed E-state index contributed by atoms with van der Waals surface area (Å²) in [5.74, 6) is 0. The molecule has 1 aliphatic carbocycles. The number of fused-ring (bicyclic) bond motifs is 2. The van der Waals surface area contributed by atoms with E-state index in [-0.39, 0.29) is 5.41 Å². The number of allylic oxidation sites excluding steroid dienone is 14. The predicted molar refractivity (Wildman–Crippen MR) is 247 cm³/mol. The van der Waals surface area contributed by atoms with Crippen LogP contribution >= 0.6 is 0 Å². The number of para-hydroxylation sites is 1. The number of anilines is 2. The lowest BCUT2D eigenvalue weighted by Gasteiger charge is -2.43. The Morgan fingerprint density at radius 3 is 1.96 bits per heavy atom. The third-order valence-electron chi connectivity index (χ3n) is 11.6. The summed E-state index contributed by atoms with van der Waals surface area (Å²) in [6.07, 6.45) is 18.1. The van der Waals surface area contributed by atoms with Crippen LogP contribution in [0.5, 0.6) is 0 Å². The fourth-order valence-electron chi connectivity index (χ4n) is 8.63. The monoisotopic (exact) mass is 735 g/mol. The van der Waals surface area contributed by atoms with Gasteiger partial charge in [-0.1, -0.05) is 191 Å². The largest absolute Gasteiger partial charge is 0.314 e. The van der Waals surface area contributed by atoms with E-state index in [1.165, 1.54) is 77.9 Å². The zero-order chi connectivity index (χ0) is 39.5. The lowest BCUT2D eigenvalue weighted by atomic mass is 9.72. The van der Waals surface area contributed by atoms with Crippen LogP contribution in [0.3, 0.4) is 0 Å². The van der Waals surface area contributed by atoms with Crippen LogP contribution in [-0.2, 0) is 5.41 Å². The van der Waals surface area contributed by atoms with Gasteiger partial charge in [0.1, 0.15) is 0 Å². The highest BCUT2D eigenvalue weighted by atomic mass is 15.2. The lowest BCUT2D eigenvalue weighted by Crippen LogP contribution is -2.33. The first-order chi connectivity index (χ1) is 27.8. The van der Waals surface area contributed by atoms with Crippen LogP contribution in [0.25, 0.3) is 38.6 Å². The van der Waals surface area contributed by atoms with Crippen molar-refractivity contribution in [2.45, 2.75) is 39.5 Å². The highest BCUT2D eigenvalue weighted by Gasteiger charge is 2.37. The maximum Gasteiger partial charge on any atom is 0.0499 e. The molecule has 8 rings (SSSR count). The summed E-state index contributed by atoms with van der Waals surface area (Å²) >= 11 is 0. The van der Waals surface area contributed by atoms with E-state index in [1.54, 1.807) is 0 Å². The van der Waals surface area contributed by atoms with Gasteiger partial charge in [-0.05, 0) is 122 Å². The molecule has 0 spiro atoms. The van der Waals surface area contributed by atoms with E-state index >= 15 is 0 Å². The van der Waals surface area contributed by atoms with Gasteiger partial charge in [0, 0.05) is 22.5 Å². The molecular formula is C56H49N. The molecule has 0 N–H and O–H groups in total. The van der Waals surface area contributed by atoms with Gasteiger partial charge in [-0.3, -0.25) is 0 Å². The van der Waals surface area contributed by atoms with Gasteiger partial charge in [-0.25, -0.2) is 0 Å². The Kier molecular flexibility index (Phi) is 10.3. The smallest absolute Gasteiger partial charge is 0.0499 e. The molecule has 6 aromatic carbocycles. The summed E-state index contributed by atoms with van der Waals surface area (Å²) in [7, 11) is 0. The molecule has 0 atom stereocenters. The van der Waals surface area contributed by atoms with E-state index in [1.807, 2.05) is 6.08 Å². The van der Waals surface area contributed by atoms with E-state index in [2.05, 4.69) is 228 Å². The molecule has 0 fully saturated rings. The predicted octanol–water partition coefficient (Wildman–Crippen LogP) is 15.4. The number of benzene rings is 6. The van der Waals surface area contributed by atoms with Gasteiger partial charge < -0.3 is 4.90 Å². The first kappa shape index (κ1) is 37.2. The van der Waals surface area contributed by atoms with Crippen molar-refractivity contribution in [3.63, 3.8) is 0 Å². The minimum Gasteiger partial charge on any atom is -0.314 e. The molecule has 0 radical (unpaired) electrons. The number of hydrogen-bond acceptors (Lipinski definition) is 1. The summed E-state index contributed by atoms with van der Waals surface area (Å²) < 4.78 is 0. The van der Waals surface area contributed by atoms with Crippen molar-refractivity contribution in [1.82, 2.24) is 0 Å². The number of aryl methyl sites for hydroxylation is 1. The van der Waals surface area contributed by atoms with Gasteiger partial charge >= 0.3 is 0 Å². The van der Waals surface area contributed by atoms with Gasteiger partial charge in [-0.2, -0.15) is 0 Å². The fraction of sp³-hybridized carbons (Fsp3) is 0.107. The molecule has 0 aromatic heterocycles. The van der Waals surface area contributed by atoms with E-state index in [4.69, 9.17) is 0 Å². The van der Waals surface area contributed by atoms with Crippen LogP contribution in [0, 0.1) is 6.92 Å². The molecule has 278 valence electrons. The van der Waals surface area contributed by atoms with Gasteiger partial charge in [0.2, 0.25) is 0 Å². The van der Waals surface area contributed by atoms with Gasteiger partial charge in [0.25, 0.3) is 0 Å². The standard InChI is InChI=1S/C56H49N/c1-7-42(47-33-31-44(43-22-13-9-14-23-43)24-12-8-11-21-39(47)2)38-53-41(4)57(55-30-20-19-29-52(55)56(53,5)6)54-36-32-46(37-40(54)3)49-35-34-48(45-25-15-10-16-26-45)50-27-17-18-28-51(49)50/h7-23,25-38H,1-2,24H2,3-6H3/b12-8-,21-11-,42-38+,44-31+,47-33+.